The van der Waals surface area contributed by atoms with Gasteiger partial charge in [-0.15, -0.1) is 0 Å². The van der Waals surface area contributed by atoms with E-state index in [1.54, 1.807) is 0 Å². The van der Waals surface area contributed by atoms with Crippen LogP contribution in [0.2, 0.25) is 0 Å². The summed E-state index contributed by atoms with van der Waals surface area (Å²) in [5, 5.41) is 10.4. The fourth-order valence-electron chi connectivity index (χ4n) is 2.80. The zero-order valence-corrected chi connectivity index (χ0v) is 14.8. The van der Waals surface area contributed by atoms with Crippen LogP contribution in [0.1, 0.15) is 110 Å². The number of amidine groups is 1. The highest BCUT2D eigenvalue weighted by molar-refractivity contribution is 5.78. The fraction of sp³-hybridized carbons (Fsp3) is 0.947. The number of unbranched alkanes of at least 4 members (excludes halogenated alkanes) is 14. The molecule has 0 heterocycles. The van der Waals surface area contributed by atoms with Crippen LogP contribution in [-0.4, -0.2) is 12.9 Å². The van der Waals surface area contributed by atoms with Gasteiger partial charge in [-0.05, 0) is 6.42 Å². The average molecular weight is 297 g/mol. The Kier molecular flexibility index (Phi) is 17.1. The summed E-state index contributed by atoms with van der Waals surface area (Å²) < 4.78 is 0. The molecule has 0 aromatic carbocycles. The average Bonchev–Trinajstić information content (AvgIpc) is 2.50. The van der Waals surface area contributed by atoms with E-state index in [9.17, 15) is 0 Å². The van der Waals surface area contributed by atoms with E-state index >= 15 is 0 Å². The SMILES string of the molecule is CCCCCCCCCCCCCCCCCC(=N)NC. The molecule has 2 N–H and O–H groups in total. The van der Waals surface area contributed by atoms with E-state index in [1.807, 2.05) is 7.05 Å². The molecule has 0 aliphatic heterocycles. The first-order chi connectivity index (χ1) is 10.3. The molecule has 126 valence electrons. The van der Waals surface area contributed by atoms with Crippen LogP contribution in [0.4, 0.5) is 0 Å². The Balaban J connectivity index is 2.98. The molecular weight excluding hydrogens is 256 g/mol. The summed E-state index contributed by atoms with van der Waals surface area (Å²) in [6.07, 6.45) is 22.0. The first-order valence-corrected chi connectivity index (χ1v) is 9.56. The molecule has 0 aliphatic carbocycles. The maximum absolute atomic E-state index is 7.50. The molecule has 0 saturated heterocycles. The maximum atomic E-state index is 7.50. The molecule has 0 spiro atoms. The predicted octanol–water partition coefficient (Wildman–Crippen LogP) is 6.44. The quantitative estimate of drug-likeness (QED) is 0.192. The minimum atomic E-state index is 0.685. The summed E-state index contributed by atoms with van der Waals surface area (Å²) in [5.74, 6) is 0.685. The van der Waals surface area contributed by atoms with Gasteiger partial charge in [0.05, 0.1) is 5.84 Å². The lowest BCUT2D eigenvalue weighted by Gasteiger charge is -2.04. The zero-order chi connectivity index (χ0) is 15.6. The standard InChI is InChI=1S/C19H40N2/c1-3-4-5-6-7-8-9-10-11-12-13-14-15-16-17-18-19(20)21-2/h3-18H2,1-2H3,(H2,20,21). The van der Waals surface area contributed by atoms with Crippen molar-refractivity contribution in [2.45, 2.75) is 110 Å². The first-order valence-electron chi connectivity index (χ1n) is 9.56. The van der Waals surface area contributed by atoms with Crippen molar-refractivity contribution in [1.82, 2.24) is 5.32 Å². The molecule has 0 fully saturated rings. The second-order valence-electron chi connectivity index (χ2n) is 6.43. The van der Waals surface area contributed by atoms with Gasteiger partial charge in [-0.2, -0.15) is 0 Å². The van der Waals surface area contributed by atoms with Gasteiger partial charge in [-0.1, -0.05) is 96.8 Å². The molecule has 2 heteroatoms. The Labute approximate surface area is 134 Å². The second-order valence-corrected chi connectivity index (χ2v) is 6.43. The number of hydrogen-bond donors (Lipinski definition) is 2. The van der Waals surface area contributed by atoms with Crippen molar-refractivity contribution in [2.75, 3.05) is 7.05 Å². The van der Waals surface area contributed by atoms with Gasteiger partial charge in [-0.3, -0.25) is 5.41 Å². The summed E-state index contributed by atoms with van der Waals surface area (Å²) in [6, 6.07) is 0. The van der Waals surface area contributed by atoms with E-state index in [1.165, 1.54) is 96.3 Å². The van der Waals surface area contributed by atoms with Gasteiger partial charge in [-0.25, -0.2) is 0 Å². The van der Waals surface area contributed by atoms with Gasteiger partial charge in [0.1, 0.15) is 0 Å². The second kappa shape index (κ2) is 17.5. The van der Waals surface area contributed by atoms with Crippen molar-refractivity contribution in [2.24, 2.45) is 0 Å². The normalized spacial score (nSPS) is 10.8. The molecule has 0 radical (unpaired) electrons. The molecule has 21 heavy (non-hydrogen) atoms. The maximum Gasteiger partial charge on any atom is 0.0928 e. The van der Waals surface area contributed by atoms with Crippen LogP contribution in [0, 0.1) is 5.41 Å². The third kappa shape index (κ3) is 17.4. The van der Waals surface area contributed by atoms with Crippen molar-refractivity contribution < 1.29 is 0 Å². The van der Waals surface area contributed by atoms with Crippen LogP contribution in [0.15, 0.2) is 0 Å². The summed E-state index contributed by atoms with van der Waals surface area (Å²) in [6.45, 7) is 2.29. The monoisotopic (exact) mass is 296 g/mol. The first kappa shape index (κ1) is 20.5. The largest absolute Gasteiger partial charge is 0.377 e. The van der Waals surface area contributed by atoms with E-state index in [0.29, 0.717) is 5.84 Å². The highest BCUT2D eigenvalue weighted by Crippen LogP contribution is 2.13. The third-order valence-electron chi connectivity index (χ3n) is 4.33. The molecule has 0 aliphatic rings. The van der Waals surface area contributed by atoms with E-state index in [2.05, 4.69) is 12.2 Å². The zero-order valence-electron chi connectivity index (χ0n) is 14.8. The van der Waals surface area contributed by atoms with E-state index in [4.69, 9.17) is 5.41 Å². The number of rotatable bonds is 16. The van der Waals surface area contributed by atoms with Crippen LogP contribution in [0.25, 0.3) is 0 Å². The van der Waals surface area contributed by atoms with Gasteiger partial charge in [0.25, 0.3) is 0 Å². The van der Waals surface area contributed by atoms with Crippen molar-refractivity contribution in [3.05, 3.63) is 0 Å². The summed E-state index contributed by atoms with van der Waals surface area (Å²) >= 11 is 0. The molecule has 0 unspecified atom stereocenters. The fourth-order valence-corrected chi connectivity index (χ4v) is 2.80. The number of nitrogens with one attached hydrogen (secondary N) is 2. The molecule has 0 amide bonds. The third-order valence-corrected chi connectivity index (χ3v) is 4.33. The van der Waals surface area contributed by atoms with Crippen molar-refractivity contribution in [3.63, 3.8) is 0 Å². The Hall–Kier alpha value is -0.530. The lowest BCUT2D eigenvalue weighted by molar-refractivity contribution is 0.533. The Morgan fingerprint density at radius 2 is 0.952 bits per heavy atom. The highest BCUT2D eigenvalue weighted by atomic mass is 14.9. The highest BCUT2D eigenvalue weighted by Gasteiger charge is 1.95. The molecule has 0 aromatic rings. The Bertz CT molecular complexity index is 214. The Morgan fingerprint density at radius 3 is 1.29 bits per heavy atom. The smallest absolute Gasteiger partial charge is 0.0928 e. The lowest BCUT2D eigenvalue weighted by Crippen LogP contribution is -2.15. The molecule has 0 aromatic heterocycles. The van der Waals surface area contributed by atoms with Gasteiger partial charge in [0.15, 0.2) is 0 Å². The van der Waals surface area contributed by atoms with Gasteiger partial charge in [0.2, 0.25) is 0 Å². The molecule has 2 nitrogen and oxygen atoms in total. The predicted molar refractivity (Wildman–Crippen MR) is 96.3 cm³/mol. The van der Waals surface area contributed by atoms with E-state index in [-0.39, 0.29) is 0 Å². The Morgan fingerprint density at radius 1 is 0.619 bits per heavy atom. The molecule has 0 saturated carbocycles. The minimum absolute atomic E-state index is 0.685. The van der Waals surface area contributed by atoms with Crippen LogP contribution in [0.5, 0.6) is 0 Å². The molecule has 0 bridgehead atoms. The van der Waals surface area contributed by atoms with E-state index < -0.39 is 0 Å². The summed E-state index contributed by atoms with van der Waals surface area (Å²) in [4.78, 5) is 0. The van der Waals surface area contributed by atoms with E-state index in [0.717, 1.165) is 6.42 Å². The molecule has 0 rings (SSSR count). The van der Waals surface area contributed by atoms with Crippen LogP contribution in [0.3, 0.4) is 0 Å². The molecule has 0 atom stereocenters. The summed E-state index contributed by atoms with van der Waals surface area (Å²) in [7, 11) is 1.84. The topological polar surface area (TPSA) is 35.9 Å². The van der Waals surface area contributed by atoms with Crippen molar-refractivity contribution in [3.8, 4) is 0 Å². The molecular formula is C19H40N2. The van der Waals surface area contributed by atoms with Crippen LogP contribution < -0.4 is 5.32 Å². The van der Waals surface area contributed by atoms with Gasteiger partial charge >= 0.3 is 0 Å². The lowest BCUT2D eigenvalue weighted by atomic mass is 10.0. The van der Waals surface area contributed by atoms with Crippen molar-refractivity contribution >= 4 is 5.84 Å². The van der Waals surface area contributed by atoms with Crippen molar-refractivity contribution in [1.29, 1.82) is 5.41 Å². The van der Waals surface area contributed by atoms with Gasteiger partial charge in [0, 0.05) is 13.5 Å². The number of hydrogen-bond acceptors (Lipinski definition) is 1. The summed E-state index contributed by atoms with van der Waals surface area (Å²) in [5.41, 5.74) is 0. The van der Waals surface area contributed by atoms with Crippen LogP contribution >= 0.6 is 0 Å². The van der Waals surface area contributed by atoms with Crippen LogP contribution in [-0.2, 0) is 0 Å². The minimum Gasteiger partial charge on any atom is -0.377 e. The van der Waals surface area contributed by atoms with Gasteiger partial charge < -0.3 is 5.32 Å².